The maximum absolute atomic E-state index is 11.9. The largest absolute Gasteiger partial charge is 0.349 e. The normalized spacial score (nSPS) is 14.5. The van der Waals surface area contributed by atoms with E-state index in [1.807, 2.05) is 32.9 Å². The Labute approximate surface area is 112 Å². The van der Waals surface area contributed by atoms with Crippen LogP contribution in [0.3, 0.4) is 0 Å². The van der Waals surface area contributed by atoms with Crippen LogP contribution in [0.5, 0.6) is 0 Å². The van der Waals surface area contributed by atoms with E-state index in [1.165, 1.54) is 11.1 Å². The molecule has 0 saturated heterocycles. The van der Waals surface area contributed by atoms with Crippen LogP contribution in [0.4, 0.5) is 0 Å². The molecule has 94 valence electrons. The van der Waals surface area contributed by atoms with Crippen LogP contribution in [0.2, 0.25) is 0 Å². The Hall–Kier alpha value is -0.830. The highest BCUT2D eigenvalue weighted by Crippen LogP contribution is 2.19. The summed E-state index contributed by atoms with van der Waals surface area (Å²) in [6, 6.07) is 8.17. The molecule has 1 N–H and O–H groups in total. The van der Waals surface area contributed by atoms with Gasteiger partial charge in [-0.25, -0.2) is 0 Å². The third kappa shape index (κ3) is 3.84. The summed E-state index contributed by atoms with van der Waals surface area (Å²) in [6.07, 6.45) is 0. The van der Waals surface area contributed by atoms with Crippen molar-refractivity contribution in [3.8, 4) is 0 Å². The molecule has 1 amide bonds. The van der Waals surface area contributed by atoms with Gasteiger partial charge in [-0.3, -0.25) is 4.79 Å². The first-order valence-corrected chi connectivity index (χ1v) is 6.85. The van der Waals surface area contributed by atoms with Gasteiger partial charge in [0.2, 0.25) is 5.91 Å². The Kier molecular flexibility index (Phi) is 5.19. The Morgan fingerprint density at radius 1 is 1.24 bits per heavy atom. The van der Waals surface area contributed by atoms with Gasteiger partial charge in [0, 0.05) is 0 Å². The van der Waals surface area contributed by atoms with Crippen molar-refractivity contribution in [1.82, 2.24) is 5.32 Å². The molecule has 1 aromatic rings. The van der Waals surface area contributed by atoms with Crippen LogP contribution < -0.4 is 5.32 Å². The SMILES string of the molecule is Cc1ccccc1[C@H](C)NC(=O)[C@H](Br)C(C)C. The zero-order valence-corrected chi connectivity index (χ0v) is 12.4. The molecule has 0 saturated carbocycles. The lowest BCUT2D eigenvalue weighted by atomic mass is 10.0. The van der Waals surface area contributed by atoms with Gasteiger partial charge in [0.05, 0.1) is 10.9 Å². The van der Waals surface area contributed by atoms with E-state index in [4.69, 9.17) is 0 Å². The van der Waals surface area contributed by atoms with E-state index in [0.29, 0.717) is 5.92 Å². The lowest BCUT2D eigenvalue weighted by Gasteiger charge is -2.20. The molecule has 0 aromatic heterocycles. The van der Waals surface area contributed by atoms with Crippen molar-refractivity contribution < 1.29 is 4.79 Å². The van der Waals surface area contributed by atoms with Gasteiger partial charge < -0.3 is 5.32 Å². The summed E-state index contributed by atoms with van der Waals surface area (Å²) in [5.74, 6) is 0.342. The first-order valence-electron chi connectivity index (χ1n) is 5.93. The number of hydrogen-bond acceptors (Lipinski definition) is 1. The molecule has 0 aliphatic heterocycles. The van der Waals surface area contributed by atoms with Gasteiger partial charge >= 0.3 is 0 Å². The minimum absolute atomic E-state index is 0.0440. The molecule has 17 heavy (non-hydrogen) atoms. The van der Waals surface area contributed by atoms with E-state index in [1.54, 1.807) is 0 Å². The fourth-order valence-corrected chi connectivity index (χ4v) is 1.88. The minimum Gasteiger partial charge on any atom is -0.349 e. The highest BCUT2D eigenvalue weighted by Gasteiger charge is 2.20. The maximum Gasteiger partial charge on any atom is 0.234 e. The van der Waals surface area contributed by atoms with E-state index in [0.717, 1.165) is 0 Å². The molecule has 1 rings (SSSR count). The Morgan fingerprint density at radius 3 is 2.35 bits per heavy atom. The standard InChI is InChI=1S/C14H20BrNO/c1-9(2)13(15)14(17)16-11(4)12-8-6-5-7-10(12)3/h5-9,11,13H,1-4H3,(H,16,17)/t11-,13+/m0/s1. The maximum atomic E-state index is 11.9. The lowest BCUT2D eigenvalue weighted by molar-refractivity contribution is -0.121. The van der Waals surface area contributed by atoms with Crippen molar-refractivity contribution >= 4 is 21.8 Å². The average Bonchev–Trinajstić information content (AvgIpc) is 2.28. The number of amides is 1. The molecule has 2 nitrogen and oxygen atoms in total. The average molecular weight is 298 g/mol. The zero-order valence-electron chi connectivity index (χ0n) is 10.8. The van der Waals surface area contributed by atoms with Gasteiger partial charge in [-0.05, 0) is 30.9 Å². The van der Waals surface area contributed by atoms with Gasteiger partial charge in [0.15, 0.2) is 0 Å². The van der Waals surface area contributed by atoms with E-state index in [9.17, 15) is 4.79 Å². The van der Waals surface area contributed by atoms with Gasteiger partial charge in [0.1, 0.15) is 0 Å². The van der Waals surface area contributed by atoms with Crippen LogP contribution >= 0.6 is 15.9 Å². The smallest absolute Gasteiger partial charge is 0.234 e. The van der Waals surface area contributed by atoms with Gasteiger partial charge in [-0.15, -0.1) is 0 Å². The van der Waals surface area contributed by atoms with Crippen molar-refractivity contribution in [2.24, 2.45) is 5.92 Å². The van der Waals surface area contributed by atoms with Crippen molar-refractivity contribution in [3.05, 3.63) is 35.4 Å². The highest BCUT2D eigenvalue weighted by atomic mass is 79.9. The first kappa shape index (κ1) is 14.2. The van der Waals surface area contributed by atoms with Crippen molar-refractivity contribution in [2.45, 2.75) is 38.6 Å². The second kappa shape index (κ2) is 6.20. The van der Waals surface area contributed by atoms with Crippen LogP contribution in [0, 0.1) is 12.8 Å². The van der Waals surface area contributed by atoms with E-state index >= 15 is 0 Å². The van der Waals surface area contributed by atoms with Crippen LogP contribution in [-0.2, 0) is 4.79 Å². The highest BCUT2D eigenvalue weighted by molar-refractivity contribution is 9.10. The zero-order chi connectivity index (χ0) is 13.0. The lowest BCUT2D eigenvalue weighted by Crippen LogP contribution is -2.35. The fraction of sp³-hybridized carbons (Fsp3) is 0.500. The second-order valence-corrected chi connectivity index (χ2v) is 5.72. The minimum atomic E-state index is -0.131. The van der Waals surface area contributed by atoms with Crippen LogP contribution in [0.25, 0.3) is 0 Å². The van der Waals surface area contributed by atoms with E-state index in [-0.39, 0.29) is 16.8 Å². The van der Waals surface area contributed by atoms with Crippen molar-refractivity contribution in [1.29, 1.82) is 0 Å². The van der Waals surface area contributed by atoms with Crippen LogP contribution in [-0.4, -0.2) is 10.7 Å². The van der Waals surface area contributed by atoms with Gasteiger partial charge in [0.25, 0.3) is 0 Å². The predicted octanol–water partition coefficient (Wildman–Crippen LogP) is 3.59. The van der Waals surface area contributed by atoms with Gasteiger partial charge in [-0.1, -0.05) is 54.0 Å². The Bertz CT molecular complexity index is 390. The Morgan fingerprint density at radius 2 is 1.82 bits per heavy atom. The van der Waals surface area contributed by atoms with Crippen LogP contribution in [0.15, 0.2) is 24.3 Å². The molecule has 0 spiro atoms. The number of carbonyl (C=O) groups excluding carboxylic acids is 1. The number of hydrogen-bond donors (Lipinski definition) is 1. The molecule has 2 atom stereocenters. The van der Waals surface area contributed by atoms with Crippen molar-refractivity contribution in [3.63, 3.8) is 0 Å². The summed E-state index contributed by atoms with van der Waals surface area (Å²) in [6.45, 7) is 8.13. The number of carbonyl (C=O) groups is 1. The van der Waals surface area contributed by atoms with Crippen molar-refractivity contribution in [2.75, 3.05) is 0 Å². The second-order valence-electron chi connectivity index (χ2n) is 4.73. The third-order valence-electron chi connectivity index (χ3n) is 2.85. The number of aryl methyl sites for hydroxylation is 1. The number of halogens is 1. The number of alkyl halides is 1. The molecule has 0 heterocycles. The molecule has 1 aromatic carbocycles. The van der Waals surface area contributed by atoms with Gasteiger partial charge in [-0.2, -0.15) is 0 Å². The molecule has 0 aliphatic carbocycles. The summed E-state index contributed by atoms with van der Waals surface area (Å²) < 4.78 is 0. The topological polar surface area (TPSA) is 29.1 Å². The molecule has 0 bridgehead atoms. The number of rotatable bonds is 4. The molecule has 3 heteroatoms. The summed E-state index contributed by atoms with van der Waals surface area (Å²) in [5, 5.41) is 3.03. The monoisotopic (exact) mass is 297 g/mol. The molecular weight excluding hydrogens is 278 g/mol. The van der Waals surface area contributed by atoms with Crippen LogP contribution in [0.1, 0.15) is 37.9 Å². The summed E-state index contributed by atoms with van der Waals surface area (Å²) in [5.41, 5.74) is 2.38. The molecule has 0 unspecified atom stereocenters. The quantitative estimate of drug-likeness (QED) is 0.846. The number of nitrogens with one attached hydrogen (secondary N) is 1. The molecule has 0 fully saturated rings. The first-order chi connectivity index (χ1) is 7.93. The Balaban J connectivity index is 2.70. The molecule has 0 aliphatic rings. The molecule has 0 radical (unpaired) electrons. The van der Waals surface area contributed by atoms with E-state index in [2.05, 4.69) is 40.3 Å². The third-order valence-corrected chi connectivity index (χ3v) is 4.32. The fourth-order valence-electron chi connectivity index (χ4n) is 1.75. The molecular formula is C14H20BrNO. The summed E-state index contributed by atoms with van der Waals surface area (Å²) in [7, 11) is 0. The summed E-state index contributed by atoms with van der Waals surface area (Å²) in [4.78, 5) is 11.8. The summed E-state index contributed by atoms with van der Waals surface area (Å²) >= 11 is 3.42. The van der Waals surface area contributed by atoms with E-state index < -0.39 is 0 Å². The number of benzene rings is 1. The predicted molar refractivity (Wildman–Crippen MR) is 75.3 cm³/mol.